The van der Waals surface area contributed by atoms with Gasteiger partial charge in [-0.2, -0.15) is 0 Å². The van der Waals surface area contributed by atoms with E-state index >= 15 is 0 Å². The number of rotatable bonds is 2. The van der Waals surface area contributed by atoms with Gasteiger partial charge in [-0.25, -0.2) is 0 Å². The minimum absolute atomic E-state index is 0.370. The normalized spacial score (nSPS) is 38.5. The molecule has 0 aromatic heterocycles. The van der Waals surface area contributed by atoms with Crippen LogP contribution in [0.3, 0.4) is 0 Å². The summed E-state index contributed by atoms with van der Waals surface area (Å²) in [5, 5.41) is 0.710. The molecule has 0 radical (unpaired) electrons. The predicted molar refractivity (Wildman–Crippen MR) is 55.1 cm³/mol. The molecule has 2 unspecified atom stereocenters. The molecule has 0 amide bonds. The first-order valence-corrected chi connectivity index (χ1v) is 5.27. The van der Waals surface area contributed by atoms with E-state index in [9.17, 15) is 0 Å². The molecule has 0 N–H and O–H groups in total. The van der Waals surface area contributed by atoms with Gasteiger partial charge in [0.25, 0.3) is 0 Å². The lowest BCUT2D eigenvalue weighted by Gasteiger charge is -2.09. The van der Waals surface area contributed by atoms with Gasteiger partial charge in [0.1, 0.15) is 0 Å². The molecule has 11 heavy (non-hydrogen) atoms. The molecule has 2 atom stereocenters. The molecule has 0 aromatic rings. The van der Waals surface area contributed by atoms with Crippen LogP contribution in [0, 0.1) is 0 Å². The Kier molecular flexibility index (Phi) is 1.77. The Morgan fingerprint density at radius 2 is 2.45 bits per heavy atom. The first kappa shape index (κ1) is 7.69. The van der Waals surface area contributed by atoms with Gasteiger partial charge in [0, 0.05) is 5.25 Å². The summed E-state index contributed by atoms with van der Waals surface area (Å²) in [5.74, 6) is 0. The molecule has 1 aliphatic carbocycles. The van der Waals surface area contributed by atoms with Crippen LogP contribution in [0.25, 0.3) is 0 Å². The minimum atomic E-state index is 0.370. The first-order valence-electron chi connectivity index (χ1n) is 3.60. The Hall–Kier alpha value is 0.0500. The number of halogens is 1. The summed E-state index contributed by atoms with van der Waals surface area (Å²) in [6.45, 7) is 3.87. The molecule has 1 aliphatic heterocycles. The maximum Gasteiger partial charge on any atom is 0.0547 e. The van der Waals surface area contributed by atoms with Crippen molar-refractivity contribution in [2.45, 2.75) is 16.4 Å². The fourth-order valence-corrected chi connectivity index (χ4v) is 3.30. The van der Waals surface area contributed by atoms with Crippen LogP contribution in [0.15, 0.2) is 35.4 Å². The first-order chi connectivity index (χ1) is 5.23. The fourth-order valence-electron chi connectivity index (χ4n) is 1.42. The molecular formula is C9H9BrS. The van der Waals surface area contributed by atoms with Crippen LogP contribution < -0.4 is 0 Å². The van der Waals surface area contributed by atoms with E-state index in [0.29, 0.717) is 10.00 Å². The molecule has 0 aromatic carbocycles. The summed E-state index contributed by atoms with van der Waals surface area (Å²) < 4.78 is 1.47. The monoisotopic (exact) mass is 228 g/mol. The lowest BCUT2D eigenvalue weighted by Crippen LogP contribution is -2.11. The zero-order chi connectivity index (χ0) is 7.90. The molecule has 1 heterocycles. The Morgan fingerprint density at radius 1 is 1.64 bits per heavy atom. The van der Waals surface area contributed by atoms with E-state index < -0.39 is 0 Å². The van der Waals surface area contributed by atoms with Crippen LogP contribution in [0.5, 0.6) is 0 Å². The highest BCUT2D eigenvalue weighted by atomic mass is 79.9. The number of hydrogen-bond acceptors (Lipinski definition) is 1. The summed E-state index contributed by atoms with van der Waals surface area (Å²) in [5.41, 5.74) is 0. The van der Waals surface area contributed by atoms with Crippen molar-refractivity contribution >= 4 is 27.7 Å². The van der Waals surface area contributed by atoms with E-state index in [4.69, 9.17) is 0 Å². The zero-order valence-corrected chi connectivity index (χ0v) is 8.49. The minimum Gasteiger partial charge on any atom is -0.140 e. The number of allylic oxidation sites excluding steroid dienone is 3. The molecule has 1 saturated heterocycles. The van der Waals surface area contributed by atoms with Crippen molar-refractivity contribution in [1.29, 1.82) is 0 Å². The molecule has 58 valence electrons. The van der Waals surface area contributed by atoms with Crippen molar-refractivity contribution in [2.24, 2.45) is 0 Å². The maximum absolute atomic E-state index is 3.87. The van der Waals surface area contributed by atoms with E-state index in [1.165, 1.54) is 0 Å². The van der Waals surface area contributed by atoms with E-state index in [2.05, 4.69) is 46.8 Å². The second-order valence-electron chi connectivity index (χ2n) is 2.93. The fraction of sp³-hybridized carbons (Fsp3) is 0.333. The quantitative estimate of drug-likeness (QED) is 0.655. The average molecular weight is 229 g/mol. The molecule has 1 fully saturated rings. The molecule has 0 bridgehead atoms. The Labute approximate surface area is 79.6 Å². The lowest BCUT2D eigenvalue weighted by atomic mass is 9.97. The lowest BCUT2D eigenvalue weighted by molar-refractivity contribution is 0.828. The van der Waals surface area contributed by atoms with Crippen molar-refractivity contribution in [3.05, 3.63) is 35.4 Å². The van der Waals surface area contributed by atoms with Gasteiger partial charge in [0.15, 0.2) is 0 Å². The third-order valence-electron chi connectivity index (χ3n) is 2.01. The van der Waals surface area contributed by atoms with Gasteiger partial charge in [-0.3, -0.25) is 0 Å². The smallest absolute Gasteiger partial charge is 0.0547 e. The van der Waals surface area contributed by atoms with Crippen LogP contribution in [0.4, 0.5) is 0 Å². The highest BCUT2D eigenvalue weighted by molar-refractivity contribution is 9.11. The van der Waals surface area contributed by atoms with Crippen LogP contribution in [-0.4, -0.2) is 10.00 Å². The Morgan fingerprint density at radius 3 is 3.09 bits per heavy atom. The SMILES string of the molecule is C=C(Br)CC12C=CC=CC1S2. The van der Waals surface area contributed by atoms with Gasteiger partial charge < -0.3 is 0 Å². The van der Waals surface area contributed by atoms with Crippen molar-refractivity contribution in [2.75, 3.05) is 0 Å². The van der Waals surface area contributed by atoms with Crippen molar-refractivity contribution in [3.8, 4) is 0 Å². The summed E-state index contributed by atoms with van der Waals surface area (Å²) >= 11 is 5.42. The van der Waals surface area contributed by atoms with Crippen molar-refractivity contribution in [3.63, 3.8) is 0 Å². The van der Waals surface area contributed by atoms with Gasteiger partial charge in [-0.1, -0.05) is 46.8 Å². The third-order valence-corrected chi connectivity index (χ3v) is 3.85. The van der Waals surface area contributed by atoms with Gasteiger partial charge in [0.2, 0.25) is 0 Å². The van der Waals surface area contributed by atoms with E-state index in [0.717, 1.165) is 10.9 Å². The van der Waals surface area contributed by atoms with Gasteiger partial charge in [0.05, 0.1) is 4.75 Å². The summed E-state index contributed by atoms with van der Waals surface area (Å²) in [7, 11) is 0. The van der Waals surface area contributed by atoms with Gasteiger partial charge >= 0.3 is 0 Å². The van der Waals surface area contributed by atoms with Crippen LogP contribution in [0.1, 0.15) is 6.42 Å². The van der Waals surface area contributed by atoms with E-state index in [1.54, 1.807) is 0 Å². The van der Waals surface area contributed by atoms with Gasteiger partial charge in [-0.05, 0) is 10.9 Å². The summed E-state index contributed by atoms with van der Waals surface area (Å²) in [4.78, 5) is 0. The molecule has 0 nitrogen and oxygen atoms in total. The molecule has 2 heteroatoms. The molecule has 2 rings (SSSR count). The number of fused-ring (bicyclic) bond motifs is 1. The zero-order valence-electron chi connectivity index (χ0n) is 6.09. The van der Waals surface area contributed by atoms with Crippen LogP contribution in [0.2, 0.25) is 0 Å². The number of thioether (sulfide) groups is 1. The van der Waals surface area contributed by atoms with Crippen molar-refractivity contribution in [1.82, 2.24) is 0 Å². The second kappa shape index (κ2) is 2.53. The molecule has 0 spiro atoms. The highest BCUT2D eigenvalue weighted by Crippen LogP contribution is 2.60. The maximum atomic E-state index is 3.87. The predicted octanol–water partition coefficient (Wildman–Crippen LogP) is 3.27. The molecule has 0 saturated carbocycles. The van der Waals surface area contributed by atoms with Crippen LogP contribution in [-0.2, 0) is 0 Å². The standard InChI is InChI=1S/C9H9BrS/c1-7(10)6-9-5-3-2-4-8(9)11-9/h2-5,8H,1,6H2. The summed E-state index contributed by atoms with van der Waals surface area (Å²) in [6.07, 6.45) is 9.87. The molecule has 2 aliphatic rings. The number of hydrogen-bond donors (Lipinski definition) is 0. The molecular weight excluding hydrogens is 220 g/mol. The van der Waals surface area contributed by atoms with E-state index in [-0.39, 0.29) is 0 Å². The van der Waals surface area contributed by atoms with Crippen LogP contribution >= 0.6 is 27.7 Å². The highest BCUT2D eigenvalue weighted by Gasteiger charge is 2.52. The second-order valence-corrected chi connectivity index (χ2v) is 5.56. The largest absolute Gasteiger partial charge is 0.140 e. The van der Waals surface area contributed by atoms with Crippen molar-refractivity contribution < 1.29 is 0 Å². The average Bonchev–Trinajstić information content (AvgIpc) is 2.59. The topological polar surface area (TPSA) is 0 Å². The Bertz CT molecular complexity index is 254. The Balaban J connectivity index is 2.10. The van der Waals surface area contributed by atoms with Gasteiger partial charge in [-0.15, -0.1) is 11.8 Å². The summed E-state index contributed by atoms with van der Waals surface area (Å²) in [6, 6.07) is 0. The third kappa shape index (κ3) is 1.34. The van der Waals surface area contributed by atoms with E-state index in [1.807, 2.05) is 11.8 Å².